The molecule has 6 heteroatoms. The molecular weight excluding hydrogens is 237 g/mol. The molecule has 1 N–H and O–H groups in total. The van der Waals surface area contributed by atoms with Crippen molar-refractivity contribution in [2.75, 3.05) is 7.11 Å². The van der Waals surface area contributed by atoms with Crippen LogP contribution in [0.3, 0.4) is 0 Å². The smallest absolute Gasteiger partial charge is 0.379 e. The van der Waals surface area contributed by atoms with Crippen molar-refractivity contribution in [1.82, 2.24) is 0 Å². The minimum Gasteiger partial charge on any atom is -0.508 e. The summed E-state index contributed by atoms with van der Waals surface area (Å²) in [7, 11) is 1.37. The van der Waals surface area contributed by atoms with Gasteiger partial charge in [-0.25, -0.2) is 0 Å². The lowest BCUT2D eigenvalue weighted by atomic mass is 10.1. The summed E-state index contributed by atoms with van der Waals surface area (Å²) in [5.41, 5.74) is 0.936. The fourth-order valence-corrected chi connectivity index (χ4v) is 1.06. The first-order valence-corrected chi connectivity index (χ1v) is 4.72. The molecule has 0 amide bonds. The highest BCUT2D eigenvalue weighted by molar-refractivity contribution is 5.69. The molecule has 0 saturated carbocycles. The number of hydrogen-bond donors (Lipinski definition) is 1. The zero-order chi connectivity index (χ0) is 13.3. The molecule has 1 rings (SSSR count). The standard InChI is InChI=1S/C10H12O3.CHF3/c1-13-10(12)6-5-8-3-2-4-9(11)7-8;2-1(3)4/h2-4,7,11H,5-6H2,1H3;1H. The predicted octanol–water partition coefficient (Wildman–Crippen LogP) is 2.68. The second-order valence-corrected chi connectivity index (χ2v) is 2.99. The van der Waals surface area contributed by atoms with Crippen LogP contribution in [0.1, 0.15) is 12.0 Å². The Morgan fingerprint density at radius 3 is 2.47 bits per heavy atom. The summed E-state index contributed by atoms with van der Waals surface area (Å²) < 4.78 is 33.5. The van der Waals surface area contributed by atoms with Crippen LogP contribution in [0.4, 0.5) is 13.2 Å². The van der Waals surface area contributed by atoms with Gasteiger partial charge in [0.05, 0.1) is 7.11 Å². The van der Waals surface area contributed by atoms with Gasteiger partial charge in [-0.2, -0.15) is 13.2 Å². The van der Waals surface area contributed by atoms with E-state index < -0.39 is 6.68 Å². The summed E-state index contributed by atoms with van der Waals surface area (Å²) in [5, 5.41) is 9.12. The van der Waals surface area contributed by atoms with E-state index >= 15 is 0 Å². The number of phenols is 1. The molecule has 0 radical (unpaired) electrons. The Morgan fingerprint density at radius 2 is 2.00 bits per heavy atom. The Kier molecular flexibility index (Phi) is 7.58. The van der Waals surface area contributed by atoms with Gasteiger partial charge in [-0.05, 0) is 24.1 Å². The Labute approximate surface area is 96.8 Å². The number of ether oxygens (including phenoxy) is 1. The fraction of sp³-hybridized carbons (Fsp3) is 0.364. The third kappa shape index (κ3) is 9.22. The van der Waals surface area contributed by atoms with Crippen LogP contribution in [-0.2, 0) is 16.0 Å². The Bertz CT molecular complexity index is 340. The summed E-state index contributed by atoms with van der Waals surface area (Å²) in [5.74, 6) is -0.00860. The first-order chi connectivity index (χ1) is 7.95. The maximum Gasteiger partial charge on any atom is 0.379 e. The van der Waals surface area contributed by atoms with Crippen molar-refractivity contribution in [3.8, 4) is 5.75 Å². The number of benzene rings is 1. The molecule has 0 aliphatic carbocycles. The lowest BCUT2D eigenvalue weighted by Gasteiger charge is -2.00. The summed E-state index contributed by atoms with van der Waals surface area (Å²) in [6.07, 6.45) is 0.945. The van der Waals surface area contributed by atoms with Gasteiger partial charge in [0.25, 0.3) is 0 Å². The number of phenolic OH excluding ortho intramolecular Hbond substituents is 1. The molecule has 0 bridgehead atoms. The maximum absolute atomic E-state index is 10.8. The summed E-state index contributed by atoms with van der Waals surface area (Å²) in [4.78, 5) is 10.8. The van der Waals surface area contributed by atoms with Crippen LogP contribution in [0, 0.1) is 0 Å². The second-order valence-electron chi connectivity index (χ2n) is 2.99. The lowest BCUT2D eigenvalue weighted by Crippen LogP contribution is -2.01. The first-order valence-electron chi connectivity index (χ1n) is 4.72. The SMILES string of the molecule is COC(=O)CCc1cccc(O)c1.FC(F)F. The number of rotatable bonds is 3. The van der Waals surface area contributed by atoms with E-state index in [2.05, 4.69) is 4.74 Å². The summed E-state index contributed by atoms with van der Waals surface area (Å²) >= 11 is 0. The molecule has 0 heterocycles. The third-order valence-electron chi connectivity index (χ3n) is 1.76. The van der Waals surface area contributed by atoms with Crippen molar-refractivity contribution in [2.45, 2.75) is 19.5 Å². The fourth-order valence-electron chi connectivity index (χ4n) is 1.06. The largest absolute Gasteiger partial charge is 0.508 e. The van der Waals surface area contributed by atoms with E-state index in [1.807, 2.05) is 6.07 Å². The van der Waals surface area contributed by atoms with E-state index in [9.17, 15) is 18.0 Å². The molecule has 1 aromatic rings. The van der Waals surface area contributed by atoms with Crippen molar-refractivity contribution < 1.29 is 27.8 Å². The summed E-state index contributed by atoms with van der Waals surface area (Å²) in [6.45, 7) is -3.67. The quantitative estimate of drug-likeness (QED) is 0.839. The van der Waals surface area contributed by atoms with Crippen LogP contribution < -0.4 is 0 Å². The summed E-state index contributed by atoms with van der Waals surface area (Å²) in [6, 6.07) is 6.86. The molecule has 0 aliphatic rings. The number of carbonyl (C=O) groups is 1. The molecule has 0 aliphatic heterocycles. The van der Waals surface area contributed by atoms with E-state index in [1.165, 1.54) is 7.11 Å². The molecule has 0 unspecified atom stereocenters. The maximum atomic E-state index is 10.8. The molecule has 1 aromatic carbocycles. The van der Waals surface area contributed by atoms with Gasteiger partial charge in [0, 0.05) is 6.42 Å². The van der Waals surface area contributed by atoms with Gasteiger partial charge >= 0.3 is 12.6 Å². The number of methoxy groups -OCH3 is 1. The minimum absolute atomic E-state index is 0.224. The van der Waals surface area contributed by atoms with Crippen molar-refractivity contribution in [2.24, 2.45) is 0 Å². The van der Waals surface area contributed by atoms with Gasteiger partial charge < -0.3 is 9.84 Å². The average Bonchev–Trinajstić information content (AvgIpc) is 2.25. The Hall–Kier alpha value is -1.72. The topological polar surface area (TPSA) is 46.5 Å². The second kappa shape index (κ2) is 8.43. The number of halogens is 3. The van der Waals surface area contributed by atoms with E-state index in [-0.39, 0.29) is 11.7 Å². The zero-order valence-corrected chi connectivity index (χ0v) is 9.20. The van der Waals surface area contributed by atoms with Gasteiger partial charge in [0.2, 0.25) is 0 Å². The van der Waals surface area contributed by atoms with Crippen molar-refractivity contribution in [3.63, 3.8) is 0 Å². The number of aryl methyl sites for hydroxylation is 1. The molecule has 0 fully saturated rings. The number of hydrogen-bond acceptors (Lipinski definition) is 3. The van der Waals surface area contributed by atoms with Crippen LogP contribution in [0.15, 0.2) is 24.3 Å². The van der Waals surface area contributed by atoms with Crippen LogP contribution in [0.5, 0.6) is 5.75 Å². The molecular formula is C11H13F3O3. The highest BCUT2D eigenvalue weighted by Gasteiger charge is 2.01. The van der Waals surface area contributed by atoms with E-state index in [4.69, 9.17) is 5.11 Å². The predicted molar refractivity (Wildman–Crippen MR) is 55.6 cm³/mol. The Balaban J connectivity index is 0.000000557. The lowest BCUT2D eigenvalue weighted by molar-refractivity contribution is -0.140. The van der Waals surface area contributed by atoms with Crippen molar-refractivity contribution in [1.29, 1.82) is 0 Å². The van der Waals surface area contributed by atoms with Gasteiger partial charge in [-0.15, -0.1) is 0 Å². The normalized spacial score (nSPS) is 9.47. The molecule has 0 spiro atoms. The van der Waals surface area contributed by atoms with Gasteiger partial charge in [0.1, 0.15) is 5.75 Å². The Morgan fingerprint density at radius 1 is 1.41 bits per heavy atom. The highest BCUT2D eigenvalue weighted by atomic mass is 19.4. The van der Waals surface area contributed by atoms with Crippen LogP contribution in [0.25, 0.3) is 0 Å². The minimum atomic E-state index is -3.67. The van der Waals surface area contributed by atoms with Gasteiger partial charge in [-0.1, -0.05) is 12.1 Å². The number of aromatic hydroxyl groups is 1. The van der Waals surface area contributed by atoms with Crippen molar-refractivity contribution in [3.05, 3.63) is 29.8 Å². The van der Waals surface area contributed by atoms with Crippen LogP contribution >= 0.6 is 0 Å². The molecule has 0 aromatic heterocycles. The number of alkyl halides is 3. The van der Waals surface area contributed by atoms with Gasteiger partial charge in [0.15, 0.2) is 0 Å². The third-order valence-corrected chi connectivity index (χ3v) is 1.76. The van der Waals surface area contributed by atoms with Gasteiger partial charge in [-0.3, -0.25) is 4.79 Å². The molecule has 0 atom stereocenters. The van der Waals surface area contributed by atoms with E-state index in [0.29, 0.717) is 12.8 Å². The monoisotopic (exact) mass is 250 g/mol. The highest BCUT2D eigenvalue weighted by Crippen LogP contribution is 2.12. The van der Waals surface area contributed by atoms with E-state index in [1.54, 1.807) is 18.2 Å². The first kappa shape index (κ1) is 15.3. The number of carbonyl (C=O) groups excluding carboxylic acids is 1. The molecule has 96 valence electrons. The molecule has 0 saturated heterocycles. The van der Waals surface area contributed by atoms with E-state index in [0.717, 1.165) is 5.56 Å². The number of esters is 1. The molecule has 3 nitrogen and oxygen atoms in total. The van der Waals surface area contributed by atoms with Crippen molar-refractivity contribution >= 4 is 5.97 Å². The molecule has 17 heavy (non-hydrogen) atoms. The zero-order valence-electron chi connectivity index (χ0n) is 9.20. The average molecular weight is 250 g/mol. The van der Waals surface area contributed by atoms with Crippen LogP contribution in [0.2, 0.25) is 0 Å². The van der Waals surface area contributed by atoms with Crippen LogP contribution in [-0.4, -0.2) is 24.9 Å².